The molecule has 2 aromatic rings. The number of nitrogens with zero attached hydrogens (tertiary/aromatic N) is 4. The second-order valence-electron chi connectivity index (χ2n) is 6.23. The predicted octanol–water partition coefficient (Wildman–Crippen LogP) is 1.40. The van der Waals surface area contributed by atoms with Gasteiger partial charge in [0.1, 0.15) is 12.7 Å². The molecule has 0 spiro atoms. The standard InChI is InChI=1S/C18H22N4O3/c1-25-17(24)18(15-5-3-2-4-6-15)8-11-21(12-9-18)16(23)7-10-22-14-19-13-20-22/h2-6,13-14H,7-12H2,1H3. The summed E-state index contributed by atoms with van der Waals surface area (Å²) in [5.41, 5.74) is 0.287. The number of aryl methyl sites for hydroxylation is 1. The first-order chi connectivity index (χ1) is 12.2. The van der Waals surface area contributed by atoms with Crippen LogP contribution in [0.1, 0.15) is 24.8 Å². The van der Waals surface area contributed by atoms with E-state index >= 15 is 0 Å². The summed E-state index contributed by atoms with van der Waals surface area (Å²) in [6.45, 7) is 1.59. The fraction of sp³-hybridized carbons (Fsp3) is 0.444. The first kappa shape index (κ1) is 17.1. The van der Waals surface area contributed by atoms with Gasteiger partial charge in [-0.2, -0.15) is 5.10 Å². The maximum absolute atomic E-state index is 12.5. The molecular weight excluding hydrogens is 320 g/mol. The highest BCUT2D eigenvalue weighted by molar-refractivity contribution is 5.84. The maximum Gasteiger partial charge on any atom is 0.316 e. The fourth-order valence-corrected chi connectivity index (χ4v) is 3.42. The van der Waals surface area contributed by atoms with Crippen molar-refractivity contribution in [2.45, 2.75) is 31.2 Å². The summed E-state index contributed by atoms with van der Waals surface area (Å²) < 4.78 is 6.72. The second kappa shape index (κ2) is 7.46. The van der Waals surface area contributed by atoms with Crippen molar-refractivity contribution in [1.82, 2.24) is 19.7 Å². The van der Waals surface area contributed by atoms with Gasteiger partial charge in [0.05, 0.1) is 19.1 Å². The molecule has 1 aromatic heterocycles. The number of piperidine rings is 1. The Bertz CT molecular complexity index is 707. The Balaban J connectivity index is 1.65. The van der Waals surface area contributed by atoms with Gasteiger partial charge >= 0.3 is 5.97 Å². The Morgan fingerprint density at radius 1 is 1.20 bits per heavy atom. The van der Waals surface area contributed by atoms with Crippen molar-refractivity contribution in [2.24, 2.45) is 0 Å². The molecule has 0 unspecified atom stereocenters. The number of hydrogen-bond donors (Lipinski definition) is 0. The number of ether oxygens (including phenoxy) is 1. The molecule has 0 saturated carbocycles. The zero-order chi connectivity index (χ0) is 17.7. The third-order valence-electron chi connectivity index (χ3n) is 4.89. The maximum atomic E-state index is 12.5. The quantitative estimate of drug-likeness (QED) is 0.768. The van der Waals surface area contributed by atoms with E-state index in [4.69, 9.17) is 4.74 Å². The van der Waals surface area contributed by atoms with Crippen molar-refractivity contribution in [3.8, 4) is 0 Å². The van der Waals surface area contributed by atoms with E-state index < -0.39 is 5.41 Å². The average Bonchev–Trinajstić information content (AvgIpc) is 3.20. The van der Waals surface area contributed by atoms with Crippen LogP contribution in [0.15, 0.2) is 43.0 Å². The SMILES string of the molecule is COC(=O)C1(c2ccccc2)CCN(C(=O)CCn2cncn2)CC1. The molecule has 0 aliphatic carbocycles. The molecule has 0 atom stereocenters. The molecule has 1 aliphatic heterocycles. The van der Waals surface area contributed by atoms with E-state index in [0.29, 0.717) is 38.9 Å². The zero-order valence-corrected chi connectivity index (χ0v) is 14.3. The van der Waals surface area contributed by atoms with Gasteiger partial charge in [-0.05, 0) is 18.4 Å². The second-order valence-corrected chi connectivity index (χ2v) is 6.23. The minimum Gasteiger partial charge on any atom is -0.468 e. The molecule has 1 saturated heterocycles. The third-order valence-corrected chi connectivity index (χ3v) is 4.89. The highest BCUT2D eigenvalue weighted by Gasteiger charge is 2.44. The monoisotopic (exact) mass is 342 g/mol. The lowest BCUT2D eigenvalue weighted by Crippen LogP contribution is -2.49. The highest BCUT2D eigenvalue weighted by atomic mass is 16.5. The van der Waals surface area contributed by atoms with Gasteiger partial charge in [0, 0.05) is 19.5 Å². The molecule has 7 nitrogen and oxygen atoms in total. The molecular formula is C18H22N4O3. The highest BCUT2D eigenvalue weighted by Crippen LogP contribution is 2.36. The lowest BCUT2D eigenvalue weighted by atomic mass is 9.72. The van der Waals surface area contributed by atoms with Crippen LogP contribution in [-0.2, 0) is 26.3 Å². The van der Waals surface area contributed by atoms with Gasteiger partial charge in [0.15, 0.2) is 0 Å². The lowest BCUT2D eigenvalue weighted by molar-refractivity contribution is -0.151. The number of aromatic nitrogens is 3. The third kappa shape index (κ3) is 3.55. The van der Waals surface area contributed by atoms with Crippen LogP contribution < -0.4 is 0 Å². The number of amides is 1. The normalized spacial score (nSPS) is 16.4. The number of rotatable bonds is 5. The van der Waals surface area contributed by atoms with E-state index in [-0.39, 0.29) is 11.9 Å². The molecule has 3 rings (SSSR count). The van der Waals surface area contributed by atoms with Crippen LogP contribution in [0.3, 0.4) is 0 Å². The summed E-state index contributed by atoms with van der Waals surface area (Å²) in [4.78, 5) is 30.6. The van der Waals surface area contributed by atoms with Gasteiger partial charge in [-0.3, -0.25) is 14.3 Å². The van der Waals surface area contributed by atoms with Gasteiger partial charge in [0.2, 0.25) is 5.91 Å². The summed E-state index contributed by atoms with van der Waals surface area (Å²) in [5, 5.41) is 4.00. The van der Waals surface area contributed by atoms with Crippen LogP contribution in [-0.4, -0.2) is 51.7 Å². The molecule has 1 amide bonds. The van der Waals surface area contributed by atoms with E-state index in [9.17, 15) is 9.59 Å². The molecule has 2 heterocycles. The minimum absolute atomic E-state index is 0.0713. The Morgan fingerprint density at radius 2 is 1.92 bits per heavy atom. The molecule has 1 aromatic carbocycles. The van der Waals surface area contributed by atoms with E-state index in [1.165, 1.54) is 13.4 Å². The number of likely N-dealkylation sites (tertiary alicyclic amines) is 1. The summed E-state index contributed by atoms with van der Waals surface area (Å²) in [6.07, 6.45) is 4.56. The molecule has 1 fully saturated rings. The van der Waals surface area contributed by atoms with Crippen LogP contribution in [0.2, 0.25) is 0 Å². The number of hydrogen-bond acceptors (Lipinski definition) is 5. The summed E-state index contributed by atoms with van der Waals surface area (Å²) >= 11 is 0. The van der Waals surface area contributed by atoms with E-state index in [2.05, 4.69) is 10.1 Å². The van der Waals surface area contributed by atoms with Gasteiger partial charge in [-0.25, -0.2) is 4.98 Å². The summed E-state index contributed by atoms with van der Waals surface area (Å²) in [5.74, 6) is -0.157. The molecule has 0 radical (unpaired) electrons. The van der Waals surface area contributed by atoms with Crippen LogP contribution in [0, 0.1) is 0 Å². The Hall–Kier alpha value is -2.70. The van der Waals surface area contributed by atoms with Crippen LogP contribution >= 0.6 is 0 Å². The van der Waals surface area contributed by atoms with Crippen molar-refractivity contribution in [3.63, 3.8) is 0 Å². The molecule has 25 heavy (non-hydrogen) atoms. The van der Waals surface area contributed by atoms with Gasteiger partial charge in [-0.15, -0.1) is 0 Å². The fourth-order valence-electron chi connectivity index (χ4n) is 3.42. The lowest BCUT2D eigenvalue weighted by Gasteiger charge is -2.40. The topological polar surface area (TPSA) is 77.3 Å². The van der Waals surface area contributed by atoms with Crippen LogP contribution in [0.4, 0.5) is 0 Å². The average molecular weight is 342 g/mol. The van der Waals surface area contributed by atoms with E-state index in [1.54, 1.807) is 11.0 Å². The summed E-state index contributed by atoms with van der Waals surface area (Å²) in [7, 11) is 1.42. The first-order valence-electron chi connectivity index (χ1n) is 8.40. The predicted molar refractivity (Wildman–Crippen MR) is 90.6 cm³/mol. The summed E-state index contributed by atoms with van der Waals surface area (Å²) in [6, 6.07) is 9.70. The number of methoxy groups -OCH3 is 1. The molecule has 7 heteroatoms. The van der Waals surface area contributed by atoms with E-state index in [1.807, 2.05) is 35.2 Å². The number of carbonyl (C=O) groups is 2. The van der Waals surface area contributed by atoms with Crippen LogP contribution in [0.5, 0.6) is 0 Å². The van der Waals surface area contributed by atoms with Gasteiger partial charge in [-0.1, -0.05) is 30.3 Å². The van der Waals surface area contributed by atoms with Gasteiger partial charge in [0.25, 0.3) is 0 Å². The molecule has 0 bridgehead atoms. The molecule has 132 valence electrons. The minimum atomic E-state index is -0.668. The van der Waals surface area contributed by atoms with Crippen molar-refractivity contribution in [1.29, 1.82) is 0 Å². The van der Waals surface area contributed by atoms with Crippen molar-refractivity contribution in [3.05, 3.63) is 48.5 Å². The Kier molecular flexibility index (Phi) is 5.11. The van der Waals surface area contributed by atoms with Crippen molar-refractivity contribution < 1.29 is 14.3 Å². The molecule has 1 aliphatic rings. The Morgan fingerprint density at radius 3 is 2.52 bits per heavy atom. The number of esters is 1. The van der Waals surface area contributed by atoms with Crippen molar-refractivity contribution >= 4 is 11.9 Å². The van der Waals surface area contributed by atoms with Gasteiger partial charge < -0.3 is 9.64 Å². The van der Waals surface area contributed by atoms with Crippen molar-refractivity contribution in [2.75, 3.05) is 20.2 Å². The first-order valence-corrected chi connectivity index (χ1v) is 8.40. The van der Waals surface area contributed by atoms with E-state index in [0.717, 1.165) is 5.56 Å². The largest absolute Gasteiger partial charge is 0.468 e. The Labute approximate surface area is 146 Å². The number of benzene rings is 1. The van der Waals surface area contributed by atoms with Crippen LogP contribution in [0.25, 0.3) is 0 Å². The smallest absolute Gasteiger partial charge is 0.316 e. The number of carbonyl (C=O) groups excluding carboxylic acids is 2. The zero-order valence-electron chi connectivity index (χ0n) is 14.3. The molecule has 0 N–H and O–H groups in total.